The molecule has 0 bridgehead atoms. The molecule has 0 spiro atoms. The first-order valence-electron chi connectivity index (χ1n) is 11.3. The number of aromatic hydroxyl groups is 2. The third-order valence-corrected chi connectivity index (χ3v) is 6.43. The number of rotatable bonds is 9. The topological polar surface area (TPSA) is 111 Å². The predicted molar refractivity (Wildman–Crippen MR) is 137 cm³/mol. The van der Waals surface area contributed by atoms with Crippen molar-refractivity contribution >= 4 is 23.2 Å². The highest BCUT2D eigenvalue weighted by molar-refractivity contribution is 6.42. The molecular weight excluding hydrogens is 505 g/mol. The van der Waals surface area contributed by atoms with Crippen LogP contribution in [0.15, 0.2) is 40.8 Å². The number of aryl methyl sites for hydroxylation is 1. The molecule has 0 atom stereocenters. The lowest BCUT2D eigenvalue weighted by Crippen LogP contribution is -2.01. The maximum atomic E-state index is 11.5. The first kappa shape index (κ1) is 25.6. The number of halogens is 2. The third-order valence-electron chi connectivity index (χ3n) is 5.69. The third kappa shape index (κ3) is 5.05. The van der Waals surface area contributed by atoms with Crippen LogP contribution < -0.4 is 9.47 Å². The van der Waals surface area contributed by atoms with Crippen LogP contribution in [0.4, 0.5) is 0 Å². The van der Waals surface area contributed by atoms with Gasteiger partial charge in [0.05, 0.1) is 47.5 Å². The molecule has 188 valence electrons. The highest BCUT2D eigenvalue weighted by Gasteiger charge is 2.28. The number of methoxy groups -OCH3 is 2. The number of nitrogens with zero attached hydrogens (tertiary/aromatic N) is 3. The van der Waals surface area contributed by atoms with Gasteiger partial charge in [0.25, 0.3) is 5.89 Å². The molecule has 0 aliphatic carbocycles. The molecule has 8 nitrogen and oxygen atoms in total. The van der Waals surface area contributed by atoms with E-state index in [1.807, 2.05) is 6.92 Å². The minimum absolute atomic E-state index is 0.0777. The molecule has 0 fully saturated rings. The second-order valence-electron chi connectivity index (χ2n) is 8.05. The molecule has 10 heteroatoms. The highest BCUT2D eigenvalue weighted by Crippen LogP contribution is 2.49. The summed E-state index contributed by atoms with van der Waals surface area (Å²) in [6.45, 7) is 2.05. The smallest absolute Gasteiger partial charge is 0.257 e. The Balaban J connectivity index is 1.84. The SMILES string of the molecule is CCCCc1nc(O)c(-c2nnc(Cc3ccc(Cl)c(Cl)c3)o2)c(O)c1-c1c(OC)cccc1OC. The van der Waals surface area contributed by atoms with Gasteiger partial charge in [0, 0.05) is 0 Å². The van der Waals surface area contributed by atoms with Crippen LogP contribution in [-0.2, 0) is 12.8 Å². The van der Waals surface area contributed by atoms with Crippen LogP contribution in [0.25, 0.3) is 22.6 Å². The maximum absolute atomic E-state index is 11.5. The van der Waals surface area contributed by atoms with Crippen molar-refractivity contribution in [3.8, 4) is 45.7 Å². The lowest BCUT2D eigenvalue weighted by molar-refractivity contribution is 0.395. The lowest BCUT2D eigenvalue weighted by atomic mass is 9.95. The van der Waals surface area contributed by atoms with Crippen molar-refractivity contribution in [2.45, 2.75) is 32.6 Å². The zero-order chi connectivity index (χ0) is 25.8. The summed E-state index contributed by atoms with van der Waals surface area (Å²) in [4.78, 5) is 4.41. The molecule has 0 unspecified atom stereocenters. The molecule has 0 saturated heterocycles. The number of hydrogen-bond acceptors (Lipinski definition) is 8. The van der Waals surface area contributed by atoms with Crippen molar-refractivity contribution in [3.05, 3.63) is 63.6 Å². The molecule has 2 aromatic heterocycles. The quantitative estimate of drug-likeness (QED) is 0.254. The summed E-state index contributed by atoms with van der Waals surface area (Å²) < 4.78 is 16.9. The maximum Gasteiger partial charge on any atom is 0.257 e. The molecule has 0 saturated carbocycles. The molecule has 4 rings (SSSR count). The van der Waals surface area contributed by atoms with Crippen LogP contribution in [0.1, 0.15) is 36.9 Å². The van der Waals surface area contributed by atoms with Gasteiger partial charge in [0.1, 0.15) is 22.8 Å². The summed E-state index contributed by atoms with van der Waals surface area (Å²) in [5.74, 6) is 0.457. The Labute approximate surface area is 218 Å². The Morgan fingerprint density at radius 2 is 1.64 bits per heavy atom. The van der Waals surface area contributed by atoms with Gasteiger partial charge < -0.3 is 24.1 Å². The fourth-order valence-corrected chi connectivity index (χ4v) is 4.26. The summed E-state index contributed by atoms with van der Waals surface area (Å²) >= 11 is 12.1. The van der Waals surface area contributed by atoms with Gasteiger partial charge in [-0.3, -0.25) is 0 Å². The van der Waals surface area contributed by atoms with Crippen LogP contribution in [0, 0.1) is 0 Å². The highest BCUT2D eigenvalue weighted by atomic mass is 35.5. The standard InChI is InChI=1S/C26H25Cl2N3O5/c1-4-5-7-17-21(22-18(34-2)8-6-9-19(22)35-3)24(32)23(25(33)29-17)26-31-30-20(36-26)13-14-10-11-15(27)16(28)12-14/h6,8-12H,4-5,7,13H2,1-3H3,(H2,29,32,33). The van der Waals surface area contributed by atoms with Gasteiger partial charge in [-0.15, -0.1) is 10.2 Å². The molecule has 0 amide bonds. The van der Waals surface area contributed by atoms with Crippen molar-refractivity contribution < 1.29 is 24.1 Å². The van der Waals surface area contributed by atoms with Gasteiger partial charge >= 0.3 is 0 Å². The molecule has 0 aliphatic heterocycles. The van der Waals surface area contributed by atoms with Crippen LogP contribution in [0.2, 0.25) is 10.0 Å². The number of ether oxygens (including phenoxy) is 2. The lowest BCUT2D eigenvalue weighted by Gasteiger charge is -2.18. The molecule has 36 heavy (non-hydrogen) atoms. The van der Waals surface area contributed by atoms with Crippen LogP contribution >= 0.6 is 23.2 Å². The fraction of sp³-hybridized carbons (Fsp3) is 0.269. The molecular formula is C26H25Cl2N3O5. The molecule has 2 aromatic carbocycles. The fourth-order valence-electron chi connectivity index (χ4n) is 3.94. The van der Waals surface area contributed by atoms with Gasteiger partial charge in [0.2, 0.25) is 11.8 Å². The Kier molecular flexibility index (Phi) is 7.86. The number of unbranched alkanes of at least 4 members (excludes halogenated alkanes) is 1. The zero-order valence-corrected chi connectivity index (χ0v) is 21.5. The van der Waals surface area contributed by atoms with E-state index in [0.717, 1.165) is 18.4 Å². The molecule has 2 N–H and O–H groups in total. The monoisotopic (exact) mass is 529 g/mol. The average molecular weight is 530 g/mol. The summed E-state index contributed by atoms with van der Waals surface area (Å²) in [6.07, 6.45) is 2.49. The van der Waals surface area contributed by atoms with E-state index in [0.29, 0.717) is 44.8 Å². The van der Waals surface area contributed by atoms with Crippen molar-refractivity contribution in [3.63, 3.8) is 0 Å². The van der Waals surface area contributed by atoms with E-state index in [1.54, 1.807) is 36.4 Å². The van der Waals surface area contributed by atoms with E-state index < -0.39 is 5.88 Å². The summed E-state index contributed by atoms with van der Waals surface area (Å²) in [6, 6.07) is 10.5. The van der Waals surface area contributed by atoms with Gasteiger partial charge in [-0.05, 0) is 42.7 Å². The summed E-state index contributed by atoms with van der Waals surface area (Å²) in [7, 11) is 3.06. The second kappa shape index (κ2) is 11.1. The number of pyridine rings is 1. The van der Waals surface area contributed by atoms with Crippen molar-refractivity contribution in [1.82, 2.24) is 15.2 Å². The Bertz CT molecular complexity index is 1370. The summed E-state index contributed by atoms with van der Waals surface area (Å²) in [5.41, 5.74) is 2.10. The minimum Gasteiger partial charge on any atom is -0.506 e. The van der Waals surface area contributed by atoms with Gasteiger partial charge in [0.15, 0.2) is 0 Å². The first-order valence-corrected chi connectivity index (χ1v) is 12.1. The zero-order valence-electron chi connectivity index (χ0n) is 20.0. The van der Waals surface area contributed by atoms with E-state index in [4.69, 9.17) is 37.1 Å². The van der Waals surface area contributed by atoms with E-state index >= 15 is 0 Å². The summed E-state index contributed by atoms with van der Waals surface area (Å²) in [5, 5.41) is 31.3. The van der Waals surface area contributed by atoms with Crippen molar-refractivity contribution in [2.75, 3.05) is 14.2 Å². The second-order valence-corrected chi connectivity index (χ2v) is 8.86. The largest absolute Gasteiger partial charge is 0.506 e. The number of aromatic nitrogens is 3. The van der Waals surface area contributed by atoms with E-state index in [9.17, 15) is 10.2 Å². The van der Waals surface area contributed by atoms with Gasteiger partial charge in [-0.1, -0.05) is 48.7 Å². The van der Waals surface area contributed by atoms with Crippen LogP contribution in [0.3, 0.4) is 0 Å². The molecule has 2 heterocycles. The number of hydrogen-bond donors (Lipinski definition) is 2. The first-order chi connectivity index (χ1) is 17.4. The van der Waals surface area contributed by atoms with E-state index in [-0.39, 0.29) is 29.5 Å². The Morgan fingerprint density at radius 3 is 2.28 bits per heavy atom. The average Bonchev–Trinajstić information content (AvgIpc) is 3.32. The van der Waals surface area contributed by atoms with E-state index in [2.05, 4.69) is 15.2 Å². The van der Waals surface area contributed by atoms with E-state index in [1.165, 1.54) is 14.2 Å². The van der Waals surface area contributed by atoms with Gasteiger partial charge in [-0.2, -0.15) is 0 Å². The molecule has 0 radical (unpaired) electrons. The predicted octanol–water partition coefficient (Wildman–Crippen LogP) is 6.47. The molecule has 0 aliphatic rings. The van der Waals surface area contributed by atoms with Gasteiger partial charge in [-0.25, -0.2) is 4.98 Å². The van der Waals surface area contributed by atoms with Crippen LogP contribution in [-0.4, -0.2) is 39.6 Å². The normalized spacial score (nSPS) is 11.0. The Hall–Kier alpha value is -3.49. The van der Waals surface area contributed by atoms with Crippen LogP contribution in [0.5, 0.6) is 23.1 Å². The Morgan fingerprint density at radius 1 is 0.917 bits per heavy atom. The van der Waals surface area contributed by atoms with Crippen molar-refractivity contribution in [2.24, 2.45) is 0 Å². The van der Waals surface area contributed by atoms with Crippen molar-refractivity contribution in [1.29, 1.82) is 0 Å². The number of benzene rings is 2. The minimum atomic E-state index is -0.416. The molecule has 4 aromatic rings.